The first-order valence-electron chi connectivity index (χ1n) is 11.4. The smallest absolute Gasteiger partial charge is 0.220 e. The van der Waals surface area contributed by atoms with E-state index in [1.807, 2.05) is 12.1 Å². The van der Waals surface area contributed by atoms with Gasteiger partial charge in [-0.05, 0) is 53.9 Å². The number of fused-ring (bicyclic) bond motifs is 1. The molecule has 1 aliphatic heterocycles. The molecule has 4 rings (SSSR count). The van der Waals surface area contributed by atoms with Gasteiger partial charge in [-0.1, -0.05) is 39.8 Å². The quantitative estimate of drug-likeness (QED) is 0.729. The molecule has 0 radical (unpaired) electrons. The summed E-state index contributed by atoms with van der Waals surface area (Å²) in [5.74, 6) is 3.02. The highest BCUT2D eigenvalue weighted by atomic mass is 16.5. The summed E-state index contributed by atoms with van der Waals surface area (Å²) >= 11 is 0. The van der Waals surface area contributed by atoms with Crippen molar-refractivity contribution in [2.24, 2.45) is 28.6 Å². The number of carbonyl (C=O) groups excluding carboxylic acids is 1. The van der Waals surface area contributed by atoms with Gasteiger partial charge >= 0.3 is 0 Å². The van der Waals surface area contributed by atoms with Gasteiger partial charge in [-0.2, -0.15) is 0 Å². The Hall–Kier alpha value is -1.75. The summed E-state index contributed by atoms with van der Waals surface area (Å²) in [5.41, 5.74) is 1.25. The fraction of sp³-hybridized carbons (Fsp3) is 0.720. The third-order valence-corrected chi connectivity index (χ3v) is 8.14. The van der Waals surface area contributed by atoms with Crippen LogP contribution in [-0.2, 0) is 9.53 Å². The normalized spacial score (nSPS) is 34.0. The molecule has 1 saturated heterocycles. The van der Waals surface area contributed by atoms with Crippen molar-refractivity contribution in [1.29, 1.82) is 0 Å². The fourth-order valence-corrected chi connectivity index (χ4v) is 6.82. The summed E-state index contributed by atoms with van der Waals surface area (Å²) in [6.07, 6.45) is 3.86. The number of ether oxygens (including phenoxy) is 3. The van der Waals surface area contributed by atoms with E-state index in [0.29, 0.717) is 30.8 Å². The van der Waals surface area contributed by atoms with Crippen LogP contribution in [0.2, 0.25) is 0 Å². The van der Waals surface area contributed by atoms with E-state index in [-0.39, 0.29) is 28.9 Å². The van der Waals surface area contributed by atoms with Crippen molar-refractivity contribution in [3.05, 3.63) is 23.8 Å². The molecule has 5 heteroatoms. The summed E-state index contributed by atoms with van der Waals surface area (Å²) in [5, 5.41) is 3.49. The lowest BCUT2D eigenvalue weighted by Crippen LogP contribution is -2.59. The van der Waals surface area contributed by atoms with Crippen LogP contribution in [-0.4, -0.2) is 32.8 Å². The molecule has 3 fully saturated rings. The van der Waals surface area contributed by atoms with Crippen molar-refractivity contribution in [1.82, 2.24) is 5.32 Å². The predicted molar refractivity (Wildman–Crippen MR) is 117 cm³/mol. The average molecular weight is 416 g/mol. The van der Waals surface area contributed by atoms with Gasteiger partial charge in [0.15, 0.2) is 11.5 Å². The Morgan fingerprint density at radius 3 is 2.70 bits per heavy atom. The molecule has 2 saturated carbocycles. The maximum atomic E-state index is 12.8. The van der Waals surface area contributed by atoms with E-state index in [9.17, 15) is 4.79 Å². The molecule has 0 aromatic heterocycles. The molecule has 166 valence electrons. The topological polar surface area (TPSA) is 56.8 Å². The second-order valence-electron chi connectivity index (χ2n) is 10.5. The van der Waals surface area contributed by atoms with Crippen LogP contribution >= 0.6 is 0 Å². The van der Waals surface area contributed by atoms with Crippen molar-refractivity contribution < 1.29 is 19.0 Å². The number of carbonyl (C=O) groups is 1. The molecule has 2 bridgehead atoms. The van der Waals surface area contributed by atoms with Crippen LogP contribution < -0.4 is 14.8 Å². The zero-order valence-electron chi connectivity index (χ0n) is 19.3. The number of methoxy groups -OCH3 is 2. The van der Waals surface area contributed by atoms with E-state index in [2.05, 4.69) is 39.1 Å². The summed E-state index contributed by atoms with van der Waals surface area (Å²) in [7, 11) is 3.37. The minimum absolute atomic E-state index is 0.0330. The van der Waals surface area contributed by atoms with E-state index >= 15 is 0 Å². The van der Waals surface area contributed by atoms with Crippen LogP contribution in [0.4, 0.5) is 0 Å². The van der Waals surface area contributed by atoms with Gasteiger partial charge in [-0.15, -0.1) is 0 Å². The lowest BCUT2D eigenvalue weighted by atomic mass is 9.58. The third-order valence-electron chi connectivity index (χ3n) is 8.14. The van der Waals surface area contributed by atoms with Crippen LogP contribution in [0.3, 0.4) is 0 Å². The molecule has 5 atom stereocenters. The molecule has 1 N–H and O–H groups in total. The SMILES string of the molecule is COc1cccc([C@H]2OCC[C@@]34C[C@@H](C[C@H]23)C(C)(C)[C@H]4NC(=O)CC(C)C)c1OC. The van der Waals surface area contributed by atoms with E-state index in [0.717, 1.165) is 29.9 Å². The molecule has 1 spiro atoms. The number of nitrogens with one attached hydrogen (secondary N) is 1. The zero-order valence-corrected chi connectivity index (χ0v) is 19.3. The monoisotopic (exact) mass is 415 g/mol. The molecule has 1 heterocycles. The van der Waals surface area contributed by atoms with Crippen molar-refractivity contribution in [3.63, 3.8) is 0 Å². The number of amides is 1. The van der Waals surface area contributed by atoms with Gasteiger partial charge in [-0.3, -0.25) is 4.79 Å². The maximum Gasteiger partial charge on any atom is 0.220 e. The Bertz CT molecular complexity index is 804. The minimum Gasteiger partial charge on any atom is -0.493 e. The summed E-state index contributed by atoms with van der Waals surface area (Å²) in [6.45, 7) is 9.61. The molecule has 0 unspecified atom stereocenters. The van der Waals surface area contributed by atoms with E-state index in [1.165, 1.54) is 6.42 Å². The number of benzene rings is 1. The van der Waals surface area contributed by atoms with Gasteiger partial charge < -0.3 is 19.5 Å². The standard InChI is InChI=1S/C25H37NO4/c1-15(2)12-20(27)26-23-24(3,4)16-13-18-21(30-11-10-25(18,23)14-16)17-8-7-9-19(28-5)22(17)29-6/h7-9,15-16,18,21,23H,10-14H2,1-6H3,(H,26,27)/t16-,18-,21-,23-,25-/m1/s1. The molecule has 1 aromatic carbocycles. The number of rotatable bonds is 6. The molecule has 30 heavy (non-hydrogen) atoms. The number of hydrogen-bond acceptors (Lipinski definition) is 4. The molecule has 1 amide bonds. The van der Waals surface area contributed by atoms with Gasteiger partial charge in [0.1, 0.15) is 0 Å². The van der Waals surface area contributed by atoms with Crippen LogP contribution in [0.25, 0.3) is 0 Å². The molecular weight excluding hydrogens is 378 g/mol. The molecule has 5 nitrogen and oxygen atoms in total. The van der Waals surface area contributed by atoms with Crippen LogP contribution in [0.15, 0.2) is 18.2 Å². The van der Waals surface area contributed by atoms with Crippen molar-refractivity contribution >= 4 is 5.91 Å². The minimum atomic E-state index is -0.0330. The van der Waals surface area contributed by atoms with Crippen LogP contribution in [0, 0.1) is 28.6 Å². The largest absolute Gasteiger partial charge is 0.493 e. The Balaban J connectivity index is 1.69. The highest BCUT2D eigenvalue weighted by Crippen LogP contribution is 2.71. The van der Waals surface area contributed by atoms with Gasteiger partial charge in [-0.25, -0.2) is 0 Å². The van der Waals surface area contributed by atoms with E-state index in [1.54, 1.807) is 14.2 Å². The third kappa shape index (κ3) is 3.21. The Morgan fingerprint density at radius 2 is 2.03 bits per heavy atom. The lowest BCUT2D eigenvalue weighted by molar-refractivity contribution is -0.138. The highest BCUT2D eigenvalue weighted by Gasteiger charge is 2.68. The molecule has 1 aromatic rings. The van der Waals surface area contributed by atoms with Crippen molar-refractivity contribution in [2.75, 3.05) is 20.8 Å². The first kappa shape index (κ1) is 21.5. The zero-order chi connectivity index (χ0) is 21.7. The maximum absolute atomic E-state index is 12.8. The van der Waals surface area contributed by atoms with Crippen molar-refractivity contribution in [2.45, 2.75) is 65.5 Å². The highest BCUT2D eigenvalue weighted by molar-refractivity contribution is 5.76. The number of hydrogen-bond donors (Lipinski definition) is 1. The second kappa shape index (κ2) is 7.74. The first-order chi connectivity index (χ1) is 14.2. The average Bonchev–Trinajstić information content (AvgIpc) is 3.19. The Morgan fingerprint density at radius 1 is 1.27 bits per heavy atom. The first-order valence-corrected chi connectivity index (χ1v) is 11.4. The summed E-state index contributed by atoms with van der Waals surface area (Å²) in [6, 6.07) is 6.23. The van der Waals surface area contributed by atoms with Gasteiger partial charge in [0.2, 0.25) is 5.91 Å². The van der Waals surface area contributed by atoms with Gasteiger partial charge in [0, 0.05) is 24.6 Å². The number of para-hydroxylation sites is 1. The second-order valence-corrected chi connectivity index (χ2v) is 10.5. The Labute approximate surface area is 180 Å². The van der Waals surface area contributed by atoms with Gasteiger partial charge in [0.25, 0.3) is 0 Å². The van der Waals surface area contributed by atoms with E-state index in [4.69, 9.17) is 14.2 Å². The van der Waals surface area contributed by atoms with Gasteiger partial charge in [0.05, 0.1) is 20.3 Å². The summed E-state index contributed by atoms with van der Waals surface area (Å²) in [4.78, 5) is 12.8. The predicted octanol–water partition coefficient (Wildman–Crippen LogP) is 4.75. The van der Waals surface area contributed by atoms with Crippen molar-refractivity contribution in [3.8, 4) is 11.5 Å². The van der Waals surface area contributed by atoms with Crippen LogP contribution in [0.1, 0.15) is 65.0 Å². The fourth-order valence-electron chi connectivity index (χ4n) is 6.82. The molecule has 2 aliphatic carbocycles. The summed E-state index contributed by atoms with van der Waals surface area (Å²) < 4.78 is 17.7. The van der Waals surface area contributed by atoms with Crippen LogP contribution in [0.5, 0.6) is 11.5 Å². The Kier molecular flexibility index (Phi) is 5.54. The molecular formula is C25H37NO4. The molecule has 3 aliphatic rings. The lowest BCUT2D eigenvalue weighted by Gasteiger charge is -2.53. The van der Waals surface area contributed by atoms with E-state index < -0.39 is 0 Å².